The summed E-state index contributed by atoms with van der Waals surface area (Å²) in [5.41, 5.74) is 1.93. The lowest BCUT2D eigenvalue weighted by Crippen LogP contribution is -2.41. The van der Waals surface area contributed by atoms with Crippen LogP contribution < -0.4 is 5.32 Å². The number of nitrogens with one attached hydrogen (secondary N) is 2. The predicted molar refractivity (Wildman–Crippen MR) is 94.8 cm³/mol. The van der Waals surface area contributed by atoms with E-state index in [9.17, 15) is 14.4 Å². The van der Waals surface area contributed by atoms with Crippen molar-refractivity contribution in [2.75, 3.05) is 0 Å². The Morgan fingerprint density at radius 1 is 1.12 bits per heavy atom. The fourth-order valence-electron chi connectivity index (χ4n) is 3.50. The second-order valence-electron chi connectivity index (χ2n) is 6.93. The van der Waals surface area contributed by atoms with Crippen LogP contribution in [0.2, 0.25) is 0 Å². The molecule has 1 aromatic rings. The highest BCUT2D eigenvalue weighted by Gasteiger charge is 2.26. The van der Waals surface area contributed by atoms with E-state index >= 15 is 0 Å². The molecule has 0 saturated heterocycles. The van der Waals surface area contributed by atoms with E-state index in [0.29, 0.717) is 16.8 Å². The molecular formula is C19H28N2O4. The van der Waals surface area contributed by atoms with Gasteiger partial charge in [-0.05, 0) is 46.1 Å². The molecule has 1 aromatic heterocycles. The van der Waals surface area contributed by atoms with Gasteiger partial charge in [0.15, 0.2) is 11.9 Å². The number of H-pyrrole nitrogens is 1. The van der Waals surface area contributed by atoms with Gasteiger partial charge in [-0.3, -0.25) is 9.59 Å². The van der Waals surface area contributed by atoms with Crippen LogP contribution in [-0.2, 0) is 9.53 Å². The van der Waals surface area contributed by atoms with Crippen molar-refractivity contribution in [3.8, 4) is 0 Å². The molecule has 6 nitrogen and oxygen atoms in total. The van der Waals surface area contributed by atoms with Gasteiger partial charge in [0.1, 0.15) is 5.69 Å². The van der Waals surface area contributed by atoms with Gasteiger partial charge in [0.2, 0.25) is 0 Å². The number of amides is 1. The van der Waals surface area contributed by atoms with Gasteiger partial charge in [-0.25, -0.2) is 4.79 Å². The van der Waals surface area contributed by atoms with Crippen molar-refractivity contribution in [1.82, 2.24) is 10.3 Å². The predicted octanol–water partition coefficient (Wildman–Crippen LogP) is 3.22. The Morgan fingerprint density at radius 3 is 2.24 bits per heavy atom. The van der Waals surface area contributed by atoms with Crippen molar-refractivity contribution in [1.29, 1.82) is 0 Å². The molecule has 0 aromatic carbocycles. The Balaban J connectivity index is 1.98. The number of esters is 1. The molecule has 1 aliphatic carbocycles. The SMILES string of the molecule is CC(=O)c1c(C)[nH]c(C(=O)OC(C)C(=O)NC2CCCCCC2)c1C. The number of hydrogen-bond acceptors (Lipinski definition) is 4. The summed E-state index contributed by atoms with van der Waals surface area (Å²) in [6.45, 7) is 6.47. The van der Waals surface area contributed by atoms with Crippen molar-refractivity contribution < 1.29 is 19.1 Å². The number of carbonyl (C=O) groups is 3. The second kappa shape index (κ2) is 8.32. The first-order chi connectivity index (χ1) is 11.8. The van der Waals surface area contributed by atoms with Crippen LogP contribution in [0.25, 0.3) is 0 Å². The van der Waals surface area contributed by atoms with Crippen LogP contribution in [0, 0.1) is 13.8 Å². The van der Waals surface area contributed by atoms with Crippen molar-refractivity contribution in [3.05, 3.63) is 22.5 Å². The van der Waals surface area contributed by atoms with Gasteiger partial charge in [-0.2, -0.15) is 0 Å². The molecule has 0 spiro atoms. The minimum atomic E-state index is -0.875. The highest BCUT2D eigenvalue weighted by molar-refractivity contribution is 6.01. The van der Waals surface area contributed by atoms with Gasteiger partial charge in [-0.1, -0.05) is 25.7 Å². The third-order valence-corrected chi connectivity index (χ3v) is 4.85. The molecule has 1 amide bonds. The van der Waals surface area contributed by atoms with Gasteiger partial charge in [0.05, 0.1) is 0 Å². The number of aryl methyl sites for hydroxylation is 1. The molecule has 1 unspecified atom stereocenters. The smallest absolute Gasteiger partial charge is 0.355 e. The molecule has 0 radical (unpaired) electrons. The molecule has 1 heterocycles. The Morgan fingerprint density at radius 2 is 1.72 bits per heavy atom. The summed E-state index contributed by atoms with van der Waals surface area (Å²) in [5.74, 6) is -0.992. The molecule has 25 heavy (non-hydrogen) atoms. The number of hydrogen-bond donors (Lipinski definition) is 2. The Bertz CT molecular complexity index is 655. The molecule has 2 rings (SSSR count). The van der Waals surface area contributed by atoms with E-state index < -0.39 is 12.1 Å². The summed E-state index contributed by atoms with van der Waals surface area (Å²) >= 11 is 0. The van der Waals surface area contributed by atoms with Crippen LogP contribution >= 0.6 is 0 Å². The summed E-state index contributed by atoms with van der Waals surface area (Å²) in [4.78, 5) is 39.2. The maximum atomic E-state index is 12.4. The second-order valence-corrected chi connectivity index (χ2v) is 6.93. The number of ether oxygens (including phenoxy) is 1. The fourth-order valence-corrected chi connectivity index (χ4v) is 3.50. The number of carbonyl (C=O) groups excluding carboxylic acids is 3. The average molecular weight is 348 g/mol. The van der Waals surface area contributed by atoms with Gasteiger partial charge in [0.25, 0.3) is 5.91 Å². The molecule has 6 heteroatoms. The quantitative estimate of drug-likeness (QED) is 0.486. The van der Waals surface area contributed by atoms with E-state index in [1.165, 1.54) is 19.8 Å². The molecule has 1 aliphatic rings. The van der Waals surface area contributed by atoms with Crippen molar-refractivity contribution in [3.63, 3.8) is 0 Å². The summed E-state index contributed by atoms with van der Waals surface area (Å²) in [5, 5.41) is 2.98. The minimum Gasteiger partial charge on any atom is -0.448 e. The number of rotatable bonds is 5. The number of Topliss-reactive ketones (excluding diaryl/α,β-unsaturated/α-hetero) is 1. The third-order valence-electron chi connectivity index (χ3n) is 4.85. The van der Waals surface area contributed by atoms with E-state index in [2.05, 4.69) is 10.3 Å². The first-order valence-electron chi connectivity index (χ1n) is 9.02. The topological polar surface area (TPSA) is 88.3 Å². The maximum Gasteiger partial charge on any atom is 0.355 e. The largest absolute Gasteiger partial charge is 0.448 e. The average Bonchev–Trinajstić information content (AvgIpc) is 2.71. The highest BCUT2D eigenvalue weighted by Crippen LogP contribution is 2.20. The van der Waals surface area contributed by atoms with E-state index in [-0.39, 0.29) is 23.4 Å². The number of aromatic nitrogens is 1. The highest BCUT2D eigenvalue weighted by atomic mass is 16.5. The van der Waals surface area contributed by atoms with E-state index in [1.54, 1.807) is 20.8 Å². The normalized spacial score (nSPS) is 16.8. The van der Waals surface area contributed by atoms with Gasteiger partial charge < -0.3 is 15.0 Å². The first kappa shape index (κ1) is 19.2. The Kier molecular flexibility index (Phi) is 6.39. The number of aromatic amines is 1. The fraction of sp³-hybridized carbons (Fsp3) is 0.632. The van der Waals surface area contributed by atoms with E-state index in [4.69, 9.17) is 4.74 Å². The molecule has 1 atom stereocenters. The lowest BCUT2D eigenvalue weighted by atomic mass is 10.1. The molecule has 0 bridgehead atoms. The van der Waals surface area contributed by atoms with E-state index in [0.717, 1.165) is 25.7 Å². The molecule has 2 N–H and O–H groups in total. The van der Waals surface area contributed by atoms with Crippen LogP contribution in [0.1, 0.15) is 84.5 Å². The van der Waals surface area contributed by atoms with Crippen LogP contribution in [0.3, 0.4) is 0 Å². The van der Waals surface area contributed by atoms with Crippen molar-refractivity contribution >= 4 is 17.7 Å². The van der Waals surface area contributed by atoms with Crippen LogP contribution in [-0.4, -0.2) is 34.8 Å². The van der Waals surface area contributed by atoms with Crippen molar-refractivity contribution in [2.45, 2.75) is 78.4 Å². The van der Waals surface area contributed by atoms with Crippen LogP contribution in [0.5, 0.6) is 0 Å². The zero-order valence-corrected chi connectivity index (χ0v) is 15.5. The monoisotopic (exact) mass is 348 g/mol. The minimum absolute atomic E-state index is 0.107. The van der Waals surface area contributed by atoms with Crippen molar-refractivity contribution in [2.24, 2.45) is 0 Å². The summed E-state index contributed by atoms with van der Waals surface area (Å²) < 4.78 is 5.31. The lowest BCUT2D eigenvalue weighted by Gasteiger charge is -2.19. The Labute approximate surface area is 148 Å². The molecule has 138 valence electrons. The van der Waals surface area contributed by atoms with Crippen LogP contribution in [0.15, 0.2) is 0 Å². The first-order valence-corrected chi connectivity index (χ1v) is 9.02. The zero-order valence-electron chi connectivity index (χ0n) is 15.5. The summed E-state index contributed by atoms with van der Waals surface area (Å²) in [6.07, 6.45) is 5.73. The van der Waals surface area contributed by atoms with Crippen LogP contribution in [0.4, 0.5) is 0 Å². The number of ketones is 1. The molecule has 0 aliphatic heterocycles. The van der Waals surface area contributed by atoms with E-state index in [1.807, 2.05) is 0 Å². The lowest BCUT2D eigenvalue weighted by molar-refractivity contribution is -0.129. The molecule has 1 saturated carbocycles. The standard InChI is InChI=1S/C19H28N2O4/c1-11-16(13(3)22)12(2)20-17(11)19(24)25-14(4)18(23)21-15-9-7-5-6-8-10-15/h14-15,20H,5-10H2,1-4H3,(H,21,23). The van der Waals surface area contributed by atoms with Gasteiger partial charge >= 0.3 is 5.97 Å². The molecule has 1 fully saturated rings. The summed E-state index contributed by atoms with van der Waals surface area (Å²) in [6, 6.07) is 0.162. The maximum absolute atomic E-state index is 12.4. The van der Waals surface area contributed by atoms with Gasteiger partial charge in [-0.15, -0.1) is 0 Å². The zero-order chi connectivity index (χ0) is 18.6. The Hall–Kier alpha value is -2.11. The molecular weight excluding hydrogens is 320 g/mol. The van der Waals surface area contributed by atoms with Gasteiger partial charge in [0, 0.05) is 17.3 Å². The third kappa shape index (κ3) is 4.71. The summed E-state index contributed by atoms with van der Waals surface area (Å²) in [7, 11) is 0.